The molecule has 80 heavy (non-hydrogen) atoms. The van der Waals surface area contributed by atoms with Gasteiger partial charge in [0.05, 0.1) is 12.3 Å². The molecule has 0 amide bonds. The summed E-state index contributed by atoms with van der Waals surface area (Å²) < 4.78 is 30.0. The molecule has 4 fully saturated rings. The van der Waals surface area contributed by atoms with Crippen molar-refractivity contribution in [3.63, 3.8) is 0 Å². The van der Waals surface area contributed by atoms with E-state index in [1.54, 1.807) is 6.08 Å². The third-order valence-corrected chi connectivity index (χ3v) is 20.2. The zero-order chi connectivity index (χ0) is 55.5. The van der Waals surface area contributed by atoms with E-state index in [9.17, 15) is 14.2 Å². The molecule has 1 unspecified atom stereocenters. The zero-order valence-electron chi connectivity index (χ0n) is 45.7. The number of aldehydes is 2. The highest BCUT2D eigenvalue weighted by atomic mass is 32.1. The van der Waals surface area contributed by atoms with Crippen molar-refractivity contribution in [1.82, 2.24) is 15.5 Å². The van der Waals surface area contributed by atoms with E-state index in [-0.39, 0.29) is 6.42 Å². The molecule has 1 aliphatic carbocycles. The number of nitrogens with one attached hydrogen (secondary N) is 3. The molecule has 0 bridgehead atoms. The lowest BCUT2D eigenvalue weighted by atomic mass is 9.94. The highest BCUT2D eigenvalue weighted by molar-refractivity contribution is 7.80. The van der Waals surface area contributed by atoms with Crippen LogP contribution in [0.25, 0.3) is 6.08 Å². The van der Waals surface area contributed by atoms with Crippen molar-refractivity contribution in [2.24, 2.45) is 0 Å². The number of hydrogen-bond donors (Lipinski definition) is 3. The molecule has 3 N–H and O–H groups in total. The van der Waals surface area contributed by atoms with Gasteiger partial charge in [-0.15, -0.1) is 0 Å². The first-order valence-corrected chi connectivity index (χ1v) is 31.3. The van der Waals surface area contributed by atoms with Gasteiger partial charge in [-0.25, -0.2) is 0 Å². The largest absolute Gasteiger partial charge is 0.360 e. The van der Waals surface area contributed by atoms with Crippen LogP contribution in [0.4, 0.5) is 28.4 Å². The Kier molecular flexibility index (Phi) is 23.9. The molecule has 0 spiro atoms. The van der Waals surface area contributed by atoms with Crippen molar-refractivity contribution in [2.75, 3.05) is 89.5 Å². The zero-order valence-corrected chi connectivity index (χ0v) is 48.3. The van der Waals surface area contributed by atoms with E-state index in [4.69, 9.17) is 16.7 Å². The Morgan fingerprint density at radius 1 is 0.600 bits per heavy atom. The van der Waals surface area contributed by atoms with Crippen LogP contribution in [0.1, 0.15) is 55.3 Å². The number of rotatable bonds is 16. The van der Waals surface area contributed by atoms with Gasteiger partial charge in [0.2, 0.25) is 8.45 Å². The van der Waals surface area contributed by atoms with Crippen LogP contribution in [0.5, 0.6) is 0 Å². The van der Waals surface area contributed by atoms with E-state index < -0.39 is 21.6 Å². The molecule has 1 atom stereocenters. The quantitative estimate of drug-likeness (QED) is 0.0281. The smallest absolute Gasteiger partial charge is 0.270 e. The fourth-order valence-electron chi connectivity index (χ4n) is 10.4. The van der Waals surface area contributed by atoms with Crippen molar-refractivity contribution in [2.45, 2.75) is 50.2 Å². The monoisotopic (exact) mass is 1130 g/mol. The third-order valence-electron chi connectivity index (χ3n) is 14.3. The number of hydrogen-bond acceptors (Lipinski definition) is 9. The van der Waals surface area contributed by atoms with Gasteiger partial charge >= 0.3 is 0 Å². The van der Waals surface area contributed by atoms with Crippen molar-refractivity contribution in [3.05, 3.63) is 230 Å². The van der Waals surface area contributed by atoms with Gasteiger partial charge in [0.25, 0.3) is 7.44 Å². The summed E-state index contributed by atoms with van der Waals surface area (Å²) >= 11 is 5.39. The van der Waals surface area contributed by atoms with Crippen LogP contribution in [-0.4, -0.2) is 94.1 Å². The van der Waals surface area contributed by atoms with Gasteiger partial charge in [-0.05, 0) is 103 Å². The predicted molar refractivity (Wildman–Crippen MR) is 339 cm³/mol. The van der Waals surface area contributed by atoms with E-state index in [2.05, 4.69) is 78.7 Å². The molecule has 7 aromatic rings. The summed E-state index contributed by atoms with van der Waals surface area (Å²) in [7, 11) is -4.09. The number of para-hydroxylation sites is 5. The number of nitrogens with zero attached hydrogens (tertiary/aromatic N) is 5. The second-order valence-corrected chi connectivity index (χ2v) is 24.5. The highest BCUT2D eigenvalue weighted by Gasteiger charge is 2.49. The Bertz CT molecular complexity index is 2830. The van der Waals surface area contributed by atoms with Crippen molar-refractivity contribution in [1.29, 1.82) is 0 Å². The first kappa shape index (κ1) is 59.2. The summed E-state index contributed by atoms with van der Waals surface area (Å²) in [5.74, 6) is 0. The fraction of sp³-hybridized carbons (Fsp3) is 0.277. The molecule has 15 heteroatoms. The molecule has 416 valence electrons. The lowest BCUT2D eigenvalue weighted by Gasteiger charge is -2.37. The molecule has 11 rings (SSSR count). The number of piperazine rings is 1. The summed E-state index contributed by atoms with van der Waals surface area (Å²) in [6.07, 6.45) is 12.5. The Morgan fingerprint density at radius 3 is 1.55 bits per heavy atom. The minimum atomic E-state index is -3.15. The molecule has 4 aliphatic rings. The first-order chi connectivity index (χ1) is 39.5. The maximum atomic E-state index is 14.9. The Hall–Kier alpha value is -6.95. The van der Waals surface area contributed by atoms with Gasteiger partial charge in [0.1, 0.15) is 12.6 Å². The van der Waals surface area contributed by atoms with Crippen LogP contribution in [0.2, 0.25) is 0 Å². The second-order valence-electron chi connectivity index (χ2n) is 19.6. The highest BCUT2D eigenvalue weighted by Crippen LogP contribution is 2.69. The second kappa shape index (κ2) is 32.3. The first-order valence-electron chi connectivity index (χ1n) is 28.0. The average molecular weight is 1130 g/mol. The number of allylic oxidation sites excluding steroid dienone is 1. The topological polar surface area (TPSA) is 113 Å². The fourth-order valence-corrected chi connectivity index (χ4v) is 16.2. The van der Waals surface area contributed by atoms with Gasteiger partial charge in [-0.1, -0.05) is 177 Å². The summed E-state index contributed by atoms with van der Waals surface area (Å²) in [6, 6.07) is 71.0. The number of benzene rings is 7. The van der Waals surface area contributed by atoms with Gasteiger partial charge in [0.15, 0.2) is 5.11 Å². The molecule has 0 aromatic heterocycles. The van der Waals surface area contributed by atoms with E-state index in [0.29, 0.717) is 31.4 Å². The molecule has 0 radical (unpaired) electrons. The summed E-state index contributed by atoms with van der Waals surface area (Å²) in [4.78, 5) is 24.2. The average Bonchev–Trinajstić information content (AvgIpc) is 4.17. The SMILES string of the molecule is C1CCC(N2CCNCC2)CC1.O=C/C=C/c1ccccc1.O=CCC(c1ccccc1)P1(=O)N(c2ccccc2)CCN1c1ccccc1.S=C(NCCOP1N(c2ccccc2)CCN1c1ccccc1)Nc1ccccc1. The molecule has 7 aromatic carbocycles. The van der Waals surface area contributed by atoms with Crippen molar-refractivity contribution in [3.8, 4) is 0 Å². The Morgan fingerprint density at radius 2 is 1.06 bits per heavy atom. The van der Waals surface area contributed by atoms with Gasteiger partial charge in [-0.2, -0.15) is 0 Å². The third kappa shape index (κ3) is 17.0. The Labute approximate surface area is 481 Å². The van der Waals surface area contributed by atoms with E-state index in [1.807, 2.05) is 173 Å². The van der Waals surface area contributed by atoms with Crippen LogP contribution < -0.4 is 34.6 Å². The van der Waals surface area contributed by atoms with Crippen LogP contribution in [0.3, 0.4) is 0 Å². The lowest BCUT2D eigenvalue weighted by Crippen LogP contribution is -2.48. The van der Waals surface area contributed by atoms with Gasteiger partial charge < -0.3 is 44.0 Å². The van der Waals surface area contributed by atoms with Crippen LogP contribution in [0.15, 0.2) is 218 Å². The molecule has 3 saturated heterocycles. The molecule has 1 saturated carbocycles. The number of anilines is 5. The number of carbonyl (C=O) groups excluding carboxylic acids is 2. The molecule has 12 nitrogen and oxygen atoms in total. The predicted octanol–water partition coefficient (Wildman–Crippen LogP) is 13.9. The minimum absolute atomic E-state index is 0.216. The summed E-state index contributed by atoms with van der Waals surface area (Å²) in [5.41, 5.74) is 6.80. The summed E-state index contributed by atoms with van der Waals surface area (Å²) in [6.45, 7) is 9.36. The minimum Gasteiger partial charge on any atom is -0.360 e. The maximum absolute atomic E-state index is 14.9. The molecular formula is C65H76N8O4P2S. The lowest BCUT2D eigenvalue weighted by molar-refractivity contribution is -0.108. The van der Waals surface area contributed by atoms with Gasteiger partial charge in [-0.3, -0.25) is 14.3 Å². The number of carbonyl (C=O) groups is 2. The van der Waals surface area contributed by atoms with Crippen LogP contribution in [0, 0.1) is 0 Å². The van der Waals surface area contributed by atoms with E-state index in [1.165, 1.54) is 75.7 Å². The number of thiocarbonyl (C=S) groups is 1. The molecular weight excluding hydrogens is 1050 g/mol. The normalized spacial score (nSPS) is 16.7. The standard InChI is InChI=1S/C23H25N4OPS.C23H23N2O2P.C10H20N2.C9H8O/c30-23(25-20-10-4-1-5-11-20)24-16-19-28-29-26(21-12-6-2-7-13-21)17-18-27(29)22-14-8-3-9-15-22;26-19-16-23(20-10-4-1-5-11-20)28(27)24(21-12-6-2-7-13-21)17-18-25(28)22-14-8-3-9-15-22;1-2-4-10(5-3-1)12-8-6-11-7-9-12;10-8-4-7-9-5-2-1-3-6-9/h1-15H,16-19H2,(H2,24,25,30);1-15,19,23H,16-18H2;10-11H,1-9H2;1-8H/b;;;7-4+. The molecule has 3 heterocycles. The van der Waals surface area contributed by atoms with Crippen LogP contribution >= 0.6 is 28.1 Å². The maximum Gasteiger partial charge on any atom is 0.270 e. The van der Waals surface area contributed by atoms with Gasteiger partial charge in [0, 0.05) is 99.8 Å². The van der Waals surface area contributed by atoms with Crippen molar-refractivity contribution >= 4 is 80.3 Å². The Balaban J connectivity index is 0.000000154. The summed E-state index contributed by atoms with van der Waals surface area (Å²) in [5, 5.41) is 10.4. The van der Waals surface area contributed by atoms with Crippen molar-refractivity contribution < 1.29 is 18.7 Å². The van der Waals surface area contributed by atoms with E-state index in [0.717, 1.165) is 59.9 Å². The van der Waals surface area contributed by atoms with Crippen LogP contribution in [-0.2, 0) is 18.7 Å². The van der Waals surface area contributed by atoms with E-state index >= 15 is 0 Å². The molecule has 3 aliphatic heterocycles.